The molecule has 1 saturated carbocycles. The van der Waals surface area contributed by atoms with Crippen molar-refractivity contribution in [1.82, 2.24) is 25.8 Å². The summed E-state index contributed by atoms with van der Waals surface area (Å²) in [5.74, 6) is -1.56. The first-order valence-electron chi connectivity index (χ1n) is 41.1. The van der Waals surface area contributed by atoms with Gasteiger partial charge >= 0.3 is 18.2 Å². The summed E-state index contributed by atoms with van der Waals surface area (Å²) in [5, 5.41) is 17.9. The molecule has 6 rings (SSSR count). The molecular formula is C87H140N6O13Si4. The van der Waals surface area contributed by atoms with E-state index in [1.54, 1.807) is 60.4 Å². The molecule has 1 aliphatic heterocycles. The number of fused-ring (bicyclic) bond motifs is 1. The van der Waals surface area contributed by atoms with Crippen molar-refractivity contribution in [2.45, 2.75) is 340 Å². The largest absolute Gasteiger partial charge is 0.543 e. The maximum atomic E-state index is 17.0. The van der Waals surface area contributed by atoms with Crippen LogP contribution < -0.4 is 24.8 Å². The van der Waals surface area contributed by atoms with E-state index in [0.29, 0.717) is 57.2 Å². The summed E-state index contributed by atoms with van der Waals surface area (Å²) in [6.45, 7) is 55.0. The minimum absolute atomic E-state index is 0.0277. The summed E-state index contributed by atoms with van der Waals surface area (Å²) in [6, 6.07) is 31.2. The van der Waals surface area contributed by atoms with Gasteiger partial charge in [0.25, 0.3) is 16.6 Å². The number of hydrogen-bond acceptors (Lipinski definition) is 14. The lowest BCUT2D eigenvalue weighted by atomic mass is 9.83. The third-order valence-corrected chi connectivity index (χ3v) is 48.9. The zero-order valence-electron chi connectivity index (χ0n) is 71.8. The highest BCUT2D eigenvalue weighted by molar-refractivity contribution is 6.79. The molecule has 1 aliphatic carbocycles. The number of rotatable bonds is 38. The van der Waals surface area contributed by atoms with Crippen LogP contribution in [-0.4, -0.2) is 134 Å². The fourth-order valence-corrected chi connectivity index (χ4v) is 41.2. The van der Waals surface area contributed by atoms with Crippen molar-refractivity contribution < 1.29 is 60.7 Å². The summed E-state index contributed by atoms with van der Waals surface area (Å²) in [5.41, 5.74) is 4.39. The van der Waals surface area contributed by atoms with Gasteiger partial charge in [-0.3, -0.25) is 25.1 Å². The van der Waals surface area contributed by atoms with Gasteiger partial charge in [0, 0.05) is 31.5 Å². The number of carbonyl (C=O) groups excluding carboxylic acids is 6. The van der Waals surface area contributed by atoms with E-state index in [2.05, 4.69) is 182 Å². The van der Waals surface area contributed by atoms with Gasteiger partial charge in [-0.05, 0) is 164 Å². The Morgan fingerprint density at radius 3 is 1.38 bits per heavy atom. The zero-order chi connectivity index (χ0) is 82.1. The fraction of sp³-hybridized carbons (Fsp3) is 0.644. The predicted octanol–water partition coefficient (Wildman–Crippen LogP) is 20.3. The Morgan fingerprint density at radius 2 is 0.955 bits per heavy atom. The maximum absolute atomic E-state index is 17.0. The number of carbonyl (C=O) groups is 6. The molecule has 110 heavy (non-hydrogen) atoms. The summed E-state index contributed by atoms with van der Waals surface area (Å²) < 4.78 is 46.3. The normalized spacial score (nSPS) is 17.7. The Hall–Kier alpha value is -6.64. The van der Waals surface area contributed by atoms with Crippen LogP contribution in [-0.2, 0) is 68.3 Å². The predicted molar refractivity (Wildman–Crippen MR) is 452 cm³/mol. The first kappa shape index (κ1) is 92.2. The van der Waals surface area contributed by atoms with E-state index in [1.165, 1.54) is 7.11 Å². The molecule has 4 aromatic carbocycles. The highest BCUT2D eigenvalue weighted by Crippen LogP contribution is 2.50. The molecule has 1 heterocycles. The zero-order valence-corrected chi connectivity index (χ0v) is 75.8. The Labute approximate surface area is 665 Å². The number of nitrogens with zero attached hydrogens (tertiary/aromatic N) is 2. The minimum Gasteiger partial charge on any atom is -0.543 e. The molecule has 4 N–H and O–H groups in total. The van der Waals surface area contributed by atoms with Crippen molar-refractivity contribution in [2.75, 3.05) is 13.7 Å². The van der Waals surface area contributed by atoms with Gasteiger partial charge in [-0.15, -0.1) is 0 Å². The number of hydrogen-bond donors (Lipinski definition) is 4. The second-order valence-corrected chi connectivity index (χ2v) is 56.9. The summed E-state index contributed by atoms with van der Waals surface area (Å²) in [4.78, 5) is 93.9. The first-order chi connectivity index (χ1) is 51.6. The number of ether oxygens (including phenoxy) is 3. The van der Waals surface area contributed by atoms with Crippen molar-refractivity contribution in [3.63, 3.8) is 0 Å². The van der Waals surface area contributed by atoms with Crippen LogP contribution in [0.25, 0.3) is 0 Å². The number of likely N-dealkylation sites (tertiary alicyclic amines) is 1. The van der Waals surface area contributed by atoms with E-state index in [-0.39, 0.29) is 97.1 Å². The van der Waals surface area contributed by atoms with Gasteiger partial charge in [0.05, 0.1) is 7.11 Å². The molecule has 612 valence electrons. The highest BCUT2D eigenvalue weighted by atomic mass is 28.4. The van der Waals surface area contributed by atoms with Crippen molar-refractivity contribution in [3.8, 4) is 11.5 Å². The molecule has 23 heteroatoms. The number of nitrogens with one attached hydrogen (secondary N) is 4. The van der Waals surface area contributed by atoms with Crippen molar-refractivity contribution >= 4 is 75.1 Å². The average Bonchev–Trinajstić information content (AvgIpc) is 1.72. The Morgan fingerprint density at radius 1 is 0.527 bits per heavy atom. The minimum atomic E-state index is -2.86. The van der Waals surface area contributed by atoms with E-state index in [1.807, 2.05) is 60.7 Å². The van der Waals surface area contributed by atoms with Gasteiger partial charge in [-0.1, -0.05) is 251 Å². The number of benzene rings is 4. The number of methoxy groups -OCH3 is 1. The fourth-order valence-electron chi connectivity index (χ4n) is 19.6. The van der Waals surface area contributed by atoms with E-state index in [9.17, 15) is 14.4 Å². The molecule has 4 aromatic rings. The lowest BCUT2D eigenvalue weighted by Crippen LogP contribution is -2.62. The molecule has 2 aliphatic rings. The average molecular weight is 1590 g/mol. The van der Waals surface area contributed by atoms with Gasteiger partial charge < -0.3 is 47.4 Å². The Kier molecular flexibility index (Phi) is 33.9. The van der Waals surface area contributed by atoms with E-state index in [4.69, 9.17) is 37.3 Å². The van der Waals surface area contributed by atoms with Crippen LogP contribution in [0.4, 0.5) is 9.59 Å². The SMILES string of the molecule is COC(=O)[C@](C)(CCCN(C(=N)NC(=O)OCc1ccccc1)C(=O)OCc1ccccc1)NC(=O)[C@@H]1C[C@@H]2CC[C@@H](O[Si](C(C)C)(C(C)C)C(C)C)C[C@@H]2N1C(=O)[C@@H](Cc1ccc(O[Si](C(C)C)(C(C)C)C(C)C)cc1)NC(=O)[C@@H](Cc1ccc(O[Si](C(C)C)(C(C)C)C(C)C)cc1)O[Si](C(C)C)(C(C)C)C(C)C. The Balaban J connectivity index is 1.48. The van der Waals surface area contributed by atoms with Crippen LogP contribution in [0.3, 0.4) is 0 Å². The smallest absolute Gasteiger partial charge is 0.416 e. The molecule has 0 bridgehead atoms. The second kappa shape index (κ2) is 40.4. The van der Waals surface area contributed by atoms with Crippen molar-refractivity contribution in [3.05, 3.63) is 131 Å². The molecule has 19 nitrogen and oxygen atoms in total. The molecule has 5 amide bonds. The molecule has 2 fully saturated rings. The third-order valence-electron chi connectivity index (χ3n) is 24.7. The summed E-state index contributed by atoms with van der Waals surface area (Å²) >= 11 is 0. The second-order valence-electron chi connectivity index (χ2n) is 35.4. The van der Waals surface area contributed by atoms with Gasteiger partial charge in [0.15, 0.2) is 0 Å². The number of esters is 1. The highest BCUT2D eigenvalue weighted by Gasteiger charge is 2.56. The molecule has 1 saturated heterocycles. The molecule has 0 unspecified atom stereocenters. The maximum Gasteiger partial charge on any atom is 0.416 e. The van der Waals surface area contributed by atoms with E-state index in [0.717, 1.165) is 33.9 Å². The number of alkyl carbamates (subject to hydrolysis) is 1. The van der Waals surface area contributed by atoms with Crippen LogP contribution in [0.15, 0.2) is 109 Å². The van der Waals surface area contributed by atoms with Gasteiger partial charge in [0.2, 0.25) is 40.3 Å². The van der Waals surface area contributed by atoms with Gasteiger partial charge in [0.1, 0.15) is 48.4 Å². The Bertz CT molecular complexity index is 3530. The van der Waals surface area contributed by atoms with Crippen molar-refractivity contribution in [1.29, 1.82) is 5.41 Å². The topological polar surface area (TPSA) is 233 Å². The number of guanidine groups is 1. The van der Waals surface area contributed by atoms with Crippen LogP contribution in [0, 0.1) is 11.3 Å². The number of amides is 5. The monoisotopic (exact) mass is 1590 g/mol. The third kappa shape index (κ3) is 21.8. The summed E-state index contributed by atoms with van der Waals surface area (Å²) in [6.07, 6.45) is -1.07. The molecule has 0 spiro atoms. The van der Waals surface area contributed by atoms with Crippen LogP contribution in [0.5, 0.6) is 11.5 Å². The van der Waals surface area contributed by atoms with Gasteiger partial charge in [-0.25, -0.2) is 19.3 Å². The van der Waals surface area contributed by atoms with E-state index < -0.39 is 105 Å². The molecule has 7 atom stereocenters. The molecule has 0 aromatic heterocycles. The van der Waals surface area contributed by atoms with Crippen LogP contribution >= 0.6 is 0 Å². The van der Waals surface area contributed by atoms with Crippen molar-refractivity contribution in [2.24, 2.45) is 5.92 Å². The van der Waals surface area contributed by atoms with Crippen LogP contribution in [0.2, 0.25) is 66.5 Å². The standard InChI is InChI=1S/C87H140N6O13Si4/c1-56(2)107(57(3)4,58(5)6)103-73-43-38-68(39-44-73)50-76(89-81(95)79(106-110(65(19)20,66(21)22)67(23)24)51-69-40-45-74(46-41-69)104-108(59(7)8,60(9)10)61(11)12)82(96)93-77-53-75(105-109(62(13)14,63(15)16)64(17)18)47-42-72(77)52-78(93)80(94)91-87(25,83(97)100-26)48-33-49-92(86(99)102-55-71-36-31-28-32-37-71)84(88)90-85(98)101-54-70-34-29-27-30-35-70/h27-32,34-41,43-46,56-67,72,75-79H,33,42,47-55H2,1-26H3,(H,89,95)(H,91,94)(H2,88,90,98)/t72-,75+,76+,77-,78-,79+,87-/m0/s1. The van der Waals surface area contributed by atoms with Gasteiger partial charge in [-0.2, -0.15) is 0 Å². The summed E-state index contributed by atoms with van der Waals surface area (Å²) in [7, 11) is -8.88. The lowest BCUT2D eigenvalue weighted by Gasteiger charge is -2.47. The van der Waals surface area contributed by atoms with Crippen LogP contribution in [0.1, 0.15) is 234 Å². The van der Waals surface area contributed by atoms with E-state index >= 15 is 14.4 Å². The molecular weight excluding hydrogens is 1450 g/mol. The lowest BCUT2D eigenvalue weighted by molar-refractivity contribution is -0.152. The quantitative estimate of drug-likeness (QED) is 0.0108. The molecule has 0 radical (unpaired) electrons. The first-order valence-corrected chi connectivity index (χ1v) is 49.6.